The van der Waals surface area contributed by atoms with Gasteiger partial charge in [0.25, 0.3) is 0 Å². The lowest BCUT2D eigenvalue weighted by molar-refractivity contribution is -0.274. The summed E-state index contributed by atoms with van der Waals surface area (Å²) >= 11 is 0. The van der Waals surface area contributed by atoms with Gasteiger partial charge >= 0.3 is 6.36 Å². The lowest BCUT2D eigenvalue weighted by Crippen LogP contribution is -2.39. The van der Waals surface area contributed by atoms with Crippen molar-refractivity contribution in [3.63, 3.8) is 0 Å². The zero-order chi connectivity index (χ0) is 21.1. The van der Waals surface area contributed by atoms with E-state index in [1.165, 1.54) is 0 Å². The molecular formula is C19H21F3N2O4S. The number of nitrogens with zero attached hydrogens (tertiary/aromatic N) is 1. The molecule has 0 saturated heterocycles. The van der Waals surface area contributed by atoms with Gasteiger partial charge in [0.05, 0.1) is 4.90 Å². The van der Waals surface area contributed by atoms with Crippen molar-refractivity contribution in [3.8, 4) is 11.6 Å². The van der Waals surface area contributed by atoms with Crippen molar-refractivity contribution in [3.05, 3.63) is 48.2 Å². The molecule has 0 bridgehead atoms. The van der Waals surface area contributed by atoms with Gasteiger partial charge in [-0.2, -0.15) is 0 Å². The molecule has 29 heavy (non-hydrogen) atoms. The summed E-state index contributed by atoms with van der Waals surface area (Å²) in [6.45, 7) is 1.94. The standard InChI is InChI=1S/C19H21F3N2O4S/c1-13-2-11-18(23-12-13)27-15-5-3-14(4-6-15)24-29(25,26)17-9-7-16(8-10-17)28-19(20,21)22/h2,7-12,14-15,24H,3-6H2,1H3. The van der Waals surface area contributed by atoms with Crippen molar-refractivity contribution in [1.82, 2.24) is 9.71 Å². The van der Waals surface area contributed by atoms with Crippen LogP contribution < -0.4 is 14.2 Å². The van der Waals surface area contributed by atoms with Gasteiger partial charge < -0.3 is 9.47 Å². The fourth-order valence-electron chi connectivity index (χ4n) is 3.10. The van der Waals surface area contributed by atoms with Gasteiger partial charge in [0.1, 0.15) is 11.9 Å². The Morgan fingerprint density at radius 1 is 1.03 bits per heavy atom. The van der Waals surface area contributed by atoms with E-state index in [0.29, 0.717) is 31.6 Å². The zero-order valence-corrected chi connectivity index (χ0v) is 16.5. The number of aryl methyl sites for hydroxylation is 1. The monoisotopic (exact) mass is 430 g/mol. The maximum Gasteiger partial charge on any atom is 0.573 e. The van der Waals surface area contributed by atoms with E-state index in [9.17, 15) is 21.6 Å². The molecule has 1 aromatic heterocycles. The predicted molar refractivity (Wildman–Crippen MR) is 99.1 cm³/mol. The van der Waals surface area contributed by atoms with Crippen LogP contribution in [-0.4, -0.2) is 31.9 Å². The van der Waals surface area contributed by atoms with Crippen LogP contribution in [0.25, 0.3) is 0 Å². The molecule has 0 radical (unpaired) electrons. The molecule has 0 atom stereocenters. The first-order chi connectivity index (χ1) is 13.6. The van der Waals surface area contributed by atoms with Crippen molar-refractivity contribution in [2.45, 2.75) is 56.0 Å². The average Bonchev–Trinajstić information content (AvgIpc) is 2.64. The van der Waals surface area contributed by atoms with Crippen LogP contribution in [0, 0.1) is 6.92 Å². The second-order valence-corrected chi connectivity index (χ2v) is 8.62. The summed E-state index contributed by atoms with van der Waals surface area (Å²) in [5, 5.41) is 0. The summed E-state index contributed by atoms with van der Waals surface area (Å²) in [5.74, 6) is 0.0691. The summed E-state index contributed by atoms with van der Waals surface area (Å²) < 4.78 is 73.8. The highest BCUT2D eigenvalue weighted by molar-refractivity contribution is 7.89. The first-order valence-electron chi connectivity index (χ1n) is 9.08. The lowest BCUT2D eigenvalue weighted by Gasteiger charge is -2.29. The molecule has 3 rings (SSSR count). The van der Waals surface area contributed by atoms with Crippen molar-refractivity contribution in [2.24, 2.45) is 0 Å². The van der Waals surface area contributed by atoms with Gasteiger partial charge in [-0.05, 0) is 62.4 Å². The summed E-state index contributed by atoms with van der Waals surface area (Å²) in [6.07, 6.45) is -0.629. The first-order valence-corrected chi connectivity index (χ1v) is 10.6. The molecule has 1 heterocycles. The van der Waals surface area contributed by atoms with Gasteiger partial charge in [-0.25, -0.2) is 18.1 Å². The lowest BCUT2D eigenvalue weighted by atomic mass is 9.94. The number of pyridine rings is 1. The van der Waals surface area contributed by atoms with Gasteiger partial charge in [-0.15, -0.1) is 13.2 Å². The Kier molecular flexibility index (Phi) is 6.33. The Hall–Kier alpha value is -2.33. The number of alkyl halides is 3. The number of rotatable bonds is 6. The topological polar surface area (TPSA) is 77.5 Å². The molecule has 0 unspecified atom stereocenters. The fourth-order valence-corrected chi connectivity index (χ4v) is 4.41. The summed E-state index contributed by atoms with van der Waals surface area (Å²) in [7, 11) is -3.84. The zero-order valence-electron chi connectivity index (χ0n) is 15.6. The first kappa shape index (κ1) is 21.4. The quantitative estimate of drug-likeness (QED) is 0.751. The normalized spacial score (nSPS) is 20.3. The number of hydrogen-bond acceptors (Lipinski definition) is 5. The van der Waals surface area contributed by atoms with Crippen molar-refractivity contribution >= 4 is 10.0 Å². The smallest absolute Gasteiger partial charge is 0.474 e. The van der Waals surface area contributed by atoms with E-state index >= 15 is 0 Å². The molecule has 6 nitrogen and oxygen atoms in total. The van der Waals surface area contributed by atoms with Crippen LogP contribution in [0.15, 0.2) is 47.5 Å². The minimum atomic E-state index is -4.83. The Labute approximate surface area is 167 Å². The Balaban J connectivity index is 1.53. The maximum absolute atomic E-state index is 12.5. The fraction of sp³-hybridized carbons (Fsp3) is 0.421. The molecule has 0 aliphatic heterocycles. The molecular weight excluding hydrogens is 409 g/mol. The van der Waals surface area contributed by atoms with Crippen LogP contribution in [0.4, 0.5) is 13.2 Å². The molecule has 0 spiro atoms. The number of aromatic nitrogens is 1. The number of benzene rings is 1. The molecule has 2 aromatic rings. The molecule has 1 aliphatic rings. The number of hydrogen-bond donors (Lipinski definition) is 1. The predicted octanol–water partition coefficient (Wildman–Crippen LogP) is 3.96. The van der Waals surface area contributed by atoms with Crippen LogP contribution >= 0.6 is 0 Å². The highest BCUT2D eigenvalue weighted by Gasteiger charge is 2.31. The number of sulfonamides is 1. The van der Waals surface area contributed by atoms with Gasteiger partial charge in [0, 0.05) is 18.3 Å². The molecule has 1 fully saturated rings. The summed E-state index contributed by atoms with van der Waals surface area (Å²) in [5.41, 5.74) is 1.04. The summed E-state index contributed by atoms with van der Waals surface area (Å²) in [4.78, 5) is 4.09. The van der Waals surface area contributed by atoms with Crippen LogP contribution in [-0.2, 0) is 10.0 Å². The molecule has 1 aliphatic carbocycles. The highest BCUT2D eigenvalue weighted by Crippen LogP contribution is 2.26. The number of nitrogens with one attached hydrogen (secondary N) is 1. The van der Waals surface area contributed by atoms with E-state index in [1.54, 1.807) is 12.3 Å². The number of ether oxygens (including phenoxy) is 2. The van der Waals surface area contributed by atoms with Crippen molar-refractivity contribution < 1.29 is 31.1 Å². The second kappa shape index (κ2) is 8.58. The maximum atomic E-state index is 12.5. The largest absolute Gasteiger partial charge is 0.573 e. The molecule has 158 valence electrons. The minimum Gasteiger partial charge on any atom is -0.474 e. The average molecular weight is 430 g/mol. The van der Waals surface area contributed by atoms with E-state index in [2.05, 4.69) is 14.4 Å². The van der Waals surface area contributed by atoms with E-state index in [-0.39, 0.29) is 17.0 Å². The van der Waals surface area contributed by atoms with E-state index in [0.717, 1.165) is 29.8 Å². The van der Waals surface area contributed by atoms with E-state index in [1.807, 2.05) is 13.0 Å². The summed E-state index contributed by atoms with van der Waals surface area (Å²) in [6, 6.07) is 7.56. The molecule has 1 aromatic carbocycles. The van der Waals surface area contributed by atoms with E-state index < -0.39 is 22.1 Å². The highest BCUT2D eigenvalue weighted by atomic mass is 32.2. The Morgan fingerprint density at radius 3 is 2.24 bits per heavy atom. The number of halogens is 3. The molecule has 10 heteroatoms. The van der Waals surface area contributed by atoms with Gasteiger partial charge in [-0.3, -0.25) is 0 Å². The Bertz CT molecular complexity index is 908. The SMILES string of the molecule is Cc1ccc(OC2CCC(NS(=O)(=O)c3ccc(OC(F)(F)F)cc3)CC2)nc1. The van der Waals surface area contributed by atoms with Gasteiger partial charge in [0.2, 0.25) is 15.9 Å². The Morgan fingerprint density at radius 2 is 1.69 bits per heavy atom. The van der Waals surface area contributed by atoms with Crippen LogP contribution in [0.2, 0.25) is 0 Å². The second-order valence-electron chi connectivity index (χ2n) is 6.91. The van der Waals surface area contributed by atoms with Crippen molar-refractivity contribution in [2.75, 3.05) is 0 Å². The van der Waals surface area contributed by atoms with Gasteiger partial charge in [0.15, 0.2) is 0 Å². The van der Waals surface area contributed by atoms with Crippen LogP contribution in [0.3, 0.4) is 0 Å². The van der Waals surface area contributed by atoms with Gasteiger partial charge in [-0.1, -0.05) is 6.07 Å². The van der Waals surface area contributed by atoms with Crippen molar-refractivity contribution in [1.29, 1.82) is 0 Å². The molecule has 0 amide bonds. The minimum absolute atomic E-state index is 0.0373. The van der Waals surface area contributed by atoms with Crippen LogP contribution in [0.1, 0.15) is 31.2 Å². The molecule has 1 saturated carbocycles. The van der Waals surface area contributed by atoms with E-state index in [4.69, 9.17) is 4.74 Å². The third-order valence-electron chi connectivity index (χ3n) is 4.54. The van der Waals surface area contributed by atoms with Crippen LogP contribution in [0.5, 0.6) is 11.6 Å². The molecule has 1 N–H and O–H groups in total. The third kappa shape index (κ3) is 6.33. The third-order valence-corrected chi connectivity index (χ3v) is 6.07.